The average Bonchev–Trinajstić information content (AvgIpc) is 2.18. The van der Waals surface area contributed by atoms with Gasteiger partial charge in [-0.2, -0.15) is 0 Å². The first kappa shape index (κ1) is 14.2. The molecule has 0 aromatic carbocycles. The summed E-state index contributed by atoms with van der Waals surface area (Å²) in [6, 6.07) is 0. The smallest absolute Gasteiger partial charge is 0.133 e. The monoisotopic (exact) mass is 252 g/mol. The summed E-state index contributed by atoms with van der Waals surface area (Å²) in [5.74, 6) is 0. The van der Waals surface area contributed by atoms with Crippen molar-refractivity contribution in [3.8, 4) is 0 Å². The van der Waals surface area contributed by atoms with Gasteiger partial charge in [0.25, 0.3) is 0 Å². The predicted octanol–water partition coefficient (Wildman–Crippen LogP) is 3.53. The maximum absolute atomic E-state index is 8.01. The molecule has 0 saturated carbocycles. The van der Waals surface area contributed by atoms with Gasteiger partial charge in [0.1, 0.15) is 11.1 Å². The van der Waals surface area contributed by atoms with E-state index < -0.39 is 11.1 Å². The Bertz CT molecular complexity index is 236. The Morgan fingerprint density at radius 1 is 1.00 bits per heavy atom. The van der Waals surface area contributed by atoms with Gasteiger partial charge in [-0.1, -0.05) is 33.4 Å². The number of hydrogen-bond donors (Lipinski definition) is 0. The van der Waals surface area contributed by atoms with Gasteiger partial charge in [-0.05, 0) is 23.9 Å². The fourth-order valence-corrected chi connectivity index (χ4v) is 1.20. The highest BCUT2D eigenvalue weighted by Crippen LogP contribution is 2.13. The lowest BCUT2D eigenvalue weighted by Crippen LogP contribution is -2.14. The first-order valence-corrected chi connectivity index (χ1v) is 5.03. The van der Waals surface area contributed by atoms with Crippen molar-refractivity contribution in [3.05, 3.63) is 20.9 Å². The molecule has 0 saturated heterocycles. The number of rotatable bonds is 8. The van der Waals surface area contributed by atoms with Crippen molar-refractivity contribution in [1.82, 2.24) is 0 Å². The van der Waals surface area contributed by atoms with Crippen LogP contribution in [0, 0.1) is 0 Å². The van der Waals surface area contributed by atoms with E-state index in [-0.39, 0.29) is 13.1 Å². The van der Waals surface area contributed by atoms with Gasteiger partial charge in [0.2, 0.25) is 0 Å². The predicted molar refractivity (Wildman–Crippen MR) is 57.6 cm³/mol. The topological polar surface area (TPSA) is 107 Å². The summed E-state index contributed by atoms with van der Waals surface area (Å²) in [6.45, 7) is 0.509. The fraction of sp³-hybridized carbons (Fsp3) is 1.00. The summed E-state index contributed by atoms with van der Waals surface area (Å²) >= 11 is 11.5. The zero-order valence-corrected chi connectivity index (χ0v) is 9.34. The number of alkyl halides is 2. The van der Waals surface area contributed by atoms with Crippen LogP contribution in [0.15, 0.2) is 10.2 Å². The number of nitrogens with zero attached hydrogens (tertiary/aromatic N) is 6. The van der Waals surface area contributed by atoms with Crippen LogP contribution in [0.25, 0.3) is 20.9 Å². The third-order valence-electron chi connectivity index (χ3n) is 1.33. The second-order valence-electron chi connectivity index (χ2n) is 2.44. The van der Waals surface area contributed by atoms with E-state index in [4.69, 9.17) is 39.0 Å². The molecule has 0 aromatic rings. The van der Waals surface area contributed by atoms with E-state index in [0.29, 0.717) is 12.8 Å². The number of halogens is 2. The van der Waals surface area contributed by atoms with Gasteiger partial charge in [0.15, 0.2) is 0 Å². The third kappa shape index (κ3) is 9.46. The Balaban J connectivity index is 3.60. The van der Waals surface area contributed by atoms with Gasteiger partial charge in [-0.15, -0.1) is 0 Å². The van der Waals surface area contributed by atoms with Gasteiger partial charge in [0.05, 0.1) is 0 Å². The summed E-state index contributed by atoms with van der Waals surface area (Å²) in [6.07, 6.45) is 0.771. The zero-order chi connectivity index (χ0) is 11.5. The van der Waals surface area contributed by atoms with Crippen LogP contribution in [0.2, 0.25) is 0 Å². The van der Waals surface area contributed by atoms with Crippen molar-refractivity contribution in [1.29, 1.82) is 0 Å². The van der Waals surface area contributed by atoms with Gasteiger partial charge >= 0.3 is 0 Å². The summed E-state index contributed by atoms with van der Waals surface area (Å²) < 4.78 is 5.11. The molecule has 7 nitrogen and oxygen atoms in total. The Labute approximate surface area is 96.6 Å². The minimum Gasteiger partial charge on any atom is -0.344 e. The lowest BCUT2D eigenvalue weighted by Gasteiger charge is -2.13. The van der Waals surface area contributed by atoms with E-state index in [2.05, 4.69) is 20.1 Å². The molecule has 0 N–H and O–H groups in total. The molecule has 0 aromatic heterocycles. The molecule has 0 aliphatic heterocycles. The van der Waals surface area contributed by atoms with E-state index in [1.807, 2.05) is 0 Å². The Morgan fingerprint density at radius 3 is 1.73 bits per heavy atom. The molecule has 0 radical (unpaired) electrons. The van der Waals surface area contributed by atoms with E-state index in [9.17, 15) is 0 Å². The van der Waals surface area contributed by atoms with Crippen LogP contribution in [0.5, 0.6) is 0 Å². The van der Waals surface area contributed by atoms with Crippen molar-refractivity contribution in [3.63, 3.8) is 0 Å². The van der Waals surface area contributed by atoms with Crippen molar-refractivity contribution in [2.75, 3.05) is 13.1 Å². The van der Waals surface area contributed by atoms with Crippen molar-refractivity contribution >= 4 is 23.2 Å². The van der Waals surface area contributed by atoms with Gasteiger partial charge in [0, 0.05) is 22.9 Å². The van der Waals surface area contributed by atoms with E-state index in [0.717, 1.165) is 0 Å². The van der Waals surface area contributed by atoms with E-state index in [1.165, 1.54) is 0 Å². The number of azide groups is 2. The maximum Gasteiger partial charge on any atom is 0.133 e. The standard InChI is InChI=1S/C6H10Cl2N6O/c7-5(1-3-11-13-9)15-6(8)2-4-12-14-10/h5-6H,1-4H2. The van der Waals surface area contributed by atoms with Crippen LogP contribution in [0.4, 0.5) is 0 Å². The minimum absolute atomic E-state index is 0.255. The molecule has 9 heteroatoms. The van der Waals surface area contributed by atoms with Crippen LogP contribution in [0.1, 0.15) is 12.8 Å². The lowest BCUT2D eigenvalue weighted by atomic mass is 10.4. The molecule has 0 bridgehead atoms. The maximum atomic E-state index is 8.01. The molecule has 84 valence electrons. The van der Waals surface area contributed by atoms with Gasteiger partial charge < -0.3 is 4.74 Å². The molecule has 0 rings (SSSR count). The third-order valence-corrected chi connectivity index (χ3v) is 1.98. The van der Waals surface area contributed by atoms with Crippen molar-refractivity contribution in [2.45, 2.75) is 24.0 Å². The molecule has 0 spiro atoms. The molecule has 0 aliphatic rings. The minimum atomic E-state index is -0.607. The lowest BCUT2D eigenvalue weighted by molar-refractivity contribution is 0.0750. The highest BCUT2D eigenvalue weighted by molar-refractivity contribution is 6.21. The summed E-state index contributed by atoms with van der Waals surface area (Å²) in [7, 11) is 0. The number of ether oxygens (including phenoxy) is 1. The molecular weight excluding hydrogens is 243 g/mol. The van der Waals surface area contributed by atoms with Crippen molar-refractivity contribution in [2.24, 2.45) is 10.2 Å². The normalized spacial score (nSPS) is 13.5. The SMILES string of the molecule is [N-]=[N+]=NCCC(Cl)OC(Cl)CCN=[N+]=[N-]. The Morgan fingerprint density at radius 2 is 1.40 bits per heavy atom. The molecule has 2 unspecified atom stereocenters. The molecule has 15 heavy (non-hydrogen) atoms. The quantitative estimate of drug-likeness (QED) is 0.280. The van der Waals surface area contributed by atoms with Crippen LogP contribution in [-0.4, -0.2) is 24.2 Å². The molecule has 0 amide bonds. The highest BCUT2D eigenvalue weighted by Gasteiger charge is 2.10. The van der Waals surface area contributed by atoms with E-state index >= 15 is 0 Å². The van der Waals surface area contributed by atoms with E-state index in [1.54, 1.807) is 0 Å². The number of hydrogen-bond acceptors (Lipinski definition) is 3. The van der Waals surface area contributed by atoms with Crippen molar-refractivity contribution < 1.29 is 4.74 Å². The molecule has 0 heterocycles. The van der Waals surface area contributed by atoms with Crippen LogP contribution in [0.3, 0.4) is 0 Å². The molecule has 0 aliphatic carbocycles. The first-order chi connectivity index (χ1) is 7.20. The molecule has 2 atom stereocenters. The molecular formula is C6H10Cl2N6O. The second-order valence-corrected chi connectivity index (χ2v) is 3.42. The molecule has 0 fully saturated rings. The second kappa shape index (κ2) is 9.71. The summed E-state index contributed by atoms with van der Waals surface area (Å²) in [5.41, 5.74) is 14.8. The largest absolute Gasteiger partial charge is 0.344 e. The first-order valence-electron chi connectivity index (χ1n) is 4.16. The average molecular weight is 253 g/mol. The summed E-state index contributed by atoms with van der Waals surface area (Å²) in [4.78, 5) is 5.14. The highest BCUT2D eigenvalue weighted by atomic mass is 35.5. The fourth-order valence-electron chi connectivity index (χ4n) is 0.704. The van der Waals surface area contributed by atoms with Gasteiger partial charge in [-0.25, -0.2) is 0 Å². The van der Waals surface area contributed by atoms with Crippen LogP contribution < -0.4 is 0 Å². The Hall–Kier alpha value is -0.840. The van der Waals surface area contributed by atoms with Crippen LogP contribution in [-0.2, 0) is 4.74 Å². The summed E-state index contributed by atoms with van der Waals surface area (Å²) in [5, 5.41) is 6.60. The van der Waals surface area contributed by atoms with Crippen LogP contribution >= 0.6 is 23.2 Å². The Kier molecular flexibility index (Phi) is 9.16. The zero-order valence-electron chi connectivity index (χ0n) is 7.83. The van der Waals surface area contributed by atoms with Gasteiger partial charge in [-0.3, -0.25) is 0 Å².